The van der Waals surface area contributed by atoms with Crippen LogP contribution in [0.5, 0.6) is 5.75 Å². The largest absolute Gasteiger partial charge is 0.496 e. The zero-order chi connectivity index (χ0) is 17.1. The van der Waals surface area contributed by atoms with Gasteiger partial charge in [0.1, 0.15) is 11.6 Å². The number of nitrogens with zero attached hydrogens (tertiary/aromatic N) is 1. The van der Waals surface area contributed by atoms with Gasteiger partial charge in [0.05, 0.1) is 18.7 Å². The Hall–Kier alpha value is -2.40. The number of carbonyl (C=O) groups is 1. The number of hydrogen-bond acceptors (Lipinski definition) is 3. The van der Waals surface area contributed by atoms with E-state index in [0.717, 1.165) is 11.3 Å². The molecular weight excluding hydrogens is 307 g/mol. The molecule has 2 aromatic rings. The Kier molecular flexibility index (Phi) is 4.81. The van der Waals surface area contributed by atoms with Crippen LogP contribution < -0.4 is 10.1 Å². The molecule has 0 aromatic heterocycles. The van der Waals surface area contributed by atoms with E-state index in [2.05, 4.69) is 5.32 Å². The summed E-state index contributed by atoms with van der Waals surface area (Å²) in [6.45, 7) is 3.49. The van der Waals surface area contributed by atoms with Gasteiger partial charge in [-0.3, -0.25) is 4.79 Å². The molecule has 126 valence electrons. The van der Waals surface area contributed by atoms with E-state index in [1.807, 2.05) is 24.3 Å². The number of carbonyl (C=O) groups excluding carboxylic acids is 1. The molecule has 1 unspecified atom stereocenters. The number of benzene rings is 2. The van der Waals surface area contributed by atoms with E-state index in [9.17, 15) is 9.18 Å². The Morgan fingerprint density at radius 1 is 1.25 bits per heavy atom. The Labute approximate surface area is 141 Å². The van der Waals surface area contributed by atoms with Crippen LogP contribution in [0.3, 0.4) is 0 Å². The summed E-state index contributed by atoms with van der Waals surface area (Å²) < 4.78 is 19.8. The summed E-state index contributed by atoms with van der Waals surface area (Å²) in [6, 6.07) is 12.4. The van der Waals surface area contributed by atoms with Gasteiger partial charge in [-0.2, -0.15) is 0 Å². The minimum absolute atomic E-state index is 0.122. The lowest BCUT2D eigenvalue weighted by Gasteiger charge is -2.37. The van der Waals surface area contributed by atoms with Crippen molar-refractivity contribution in [3.05, 3.63) is 65.0 Å². The second-order valence-electron chi connectivity index (χ2n) is 5.90. The molecule has 1 heterocycles. The standard InChI is InChI=1S/C19H21FN2O2/c1-13-6-5-8-15(18(13)20)19(23)22-11-10-21-12-16(22)14-7-3-4-9-17(14)24-2/h3-9,16,21H,10-12H2,1-2H3. The van der Waals surface area contributed by atoms with E-state index >= 15 is 0 Å². The Balaban J connectivity index is 1.98. The minimum atomic E-state index is -0.445. The Morgan fingerprint density at radius 2 is 2.04 bits per heavy atom. The average Bonchev–Trinajstić information content (AvgIpc) is 2.63. The van der Waals surface area contributed by atoms with Crippen molar-refractivity contribution in [3.8, 4) is 5.75 Å². The lowest BCUT2D eigenvalue weighted by atomic mass is 10.00. The number of ether oxygens (including phenoxy) is 1. The fourth-order valence-electron chi connectivity index (χ4n) is 3.13. The molecule has 0 bridgehead atoms. The Morgan fingerprint density at radius 3 is 2.83 bits per heavy atom. The van der Waals surface area contributed by atoms with Gasteiger partial charge in [-0.15, -0.1) is 0 Å². The fraction of sp³-hybridized carbons (Fsp3) is 0.316. The van der Waals surface area contributed by atoms with Gasteiger partial charge in [-0.1, -0.05) is 30.3 Å². The van der Waals surface area contributed by atoms with Crippen molar-refractivity contribution in [1.82, 2.24) is 10.2 Å². The quantitative estimate of drug-likeness (QED) is 0.942. The summed E-state index contributed by atoms with van der Waals surface area (Å²) in [5.74, 6) is 0.00197. The minimum Gasteiger partial charge on any atom is -0.496 e. The summed E-state index contributed by atoms with van der Waals surface area (Å²) in [7, 11) is 1.61. The monoisotopic (exact) mass is 328 g/mol. The normalized spacial score (nSPS) is 17.6. The zero-order valence-electron chi connectivity index (χ0n) is 13.9. The summed E-state index contributed by atoms with van der Waals surface area (Å²) in [5, 5.41) is 3.30. The van der Waals surface area contributed by atoms with Crippen LogP contribution in [0.25, 0.3) is 0 Å². The third kappa shape index (κ3) is 2.99. The number of hydrogen-bond donors (Lipinski definition) is 1. The van der Waals surface area contributed by atoms with Crippen LogP contribution in [0.1, 0.15) is 27.5 Å². The zero-order valence-corrected chi connectivity index (χ0v) is 13.9. The highest BCUT2D eigenvalue weighted by Crippen LogP contribution is 2.31. The summed E-state index contributed by atoms with van der Waals surface area (Å²) in [4.78, 5) is 14.7. The highest BCUT2D eigenvalue weighted by molar-refractivity contribution is 5.95. The molecule has 24 heavy (non-hydrogen) atoms. The predicted octanol–water partition coefficient (Wildman–Crippen LogP) is 2.93. The maximum atomic E-state index is 14.4. The average molecular weight is 328 g/mol. The van der Waals surface area contributed by atoms with Crippen LogP contribution in [0.4, 0.5) is 4.39 Å². The maximum Gasteiger partial charge on any atom is 0.257 e. The number of rotatable bonds is 3. The summed E-state index contributed by atoms with van der Waals surface area (Å²) in [5.41, 5.74) is 1.52. The molecule has 1 amide bonds. The third-order valence-corrected chi connectivity index (χ3v) is 4.42. The van der Waals surface area contributed by atoms with Gasteiger partial charge in [0.15, 0.2) is 0 Å². The van der Waals surface area contributed by atoms with Gasteiger partial charge in [-0.25, -0.2) is 4.39 Å². The van der Waals surface area contributed by atoms with Crippen molar-refractivity contribution in [2.45, 2.75) is 13.0 Å². The van der Waals surface area contributed by atoms with Crippen molar-refractivity contribution in [1.29, 1.82) is 0 Å². The SMILES string of the molecule is COc1ccccc1C1CNCCN1C(=O)c1cccc(C)c1F. The molecule has 0 radical (unpaired) electrons. The van der Waals surface area contributed by atoms with Gasteiger partial charge in [0.25, 0.3) is 5.91 Å². The number of halogens is 1. The van der Waals surface area contributed by atoms with E-state index < -0.39 is 5.82 Å². The molecular formula is C19H21FN2O2. The van der Waals surface area contributed by atoms with Crippen molar-refractivity contribution in [2.24, 2.45) is 0 Å². The second-order valence-corrected chi connectivity index (χ2v) is 5.90. The molecule has 0 aliphatic carbocycles. The number of para-hydroxylation sites is 1. The molecule has 1 aliphatic rings. The first-order chi connectivity index (χ1) is 11.6. The third-order valence-electron chi connectivity index (χ3n) is 4.42. The summed E-state index contributed by atoms with van der Waals surface area (Å²) in [6.07, 6.45) is 0. The maximum absolute atomic E-state index is 14.4. The van der Waals surface area contributed by atoms with E-state index in [1.165, 1.54) is 0 Å². The van der Waals surface area contributed by atoms with Gasteiger partial charge < -0.3 is 15.0 Å². The van der Waals surface area contributed by atoms with E-state index in [-0.39, 0.29) is 17.5 Å². The van der Waals surface area contributed by atoms with Gasteiger partial charge in [-0.05, 0) is 24.6 Å². The van der Waals surface area contributed by atoms with Crippen molar-refractivity contribution < 1.29 is 13.9 Å². The molecule has 0 spiro atoms. The van der Waals surface area contributed by atoms with Crippen molar-refractivity contribution >= 4 is 5.91 Å². The first-order valence-corrected chi connectivity index (χ1v) is 8.03. The number of aryl methyl sites for hydroxylation is 1. The predicted molar refractivity (Wildman–Crippen MR) is 90.8 cm³/mol. The summed E-state index contributed by atoms with van der Waals surface area (Å²) >= 11 is 0. The molecule has 1 N–H and O–H groups in total. The molecule has 1 atom stereocenters. The number of nitrogens with one attached hydrogen (secondary N) is 1. The lowest BCUT2D eigenvalue weighted by molar-refractivity contribution is 0.0626. The molecule has 3 rings (SSSR count). The van der Waals surface area contributed by atoms with Crippen LogP contribution in [-0.4, -0.2) is 37.6 Å². The second kappa shape index (κ2) is 7.01. The Bertz CT molecular complexity index is 748. The number of piperazine rings is 1. The molecule has 4 nitrogen and oxygen atoms in total. The smallest absolute Gasteiger partial charge is 0.257 e. The molecule has 1 aliphatic heterocycles. The van der Waals surface area contributed by atoms with Gasteiger partial charge in [0.2, 0.25) is 0 Å². The highest BCUT2D eigenvalue weighted by atomic mass is 19.1. The van der Waals surface area contributed by atoms with E-state index in [1.54, 1.807) is 37.1 Å². The number of amides is 1. The van der Waals surface area contributed by atoms with Crippen LogP contribution in [-0.2, 0) is 0 Å². The van der Waals surface area contributed by atoms with E-state index in [4.69, 9.17) is 4.74 Å². The molecule has 1 saturated heterocycles. The first kappa shape index (κ1) is 16.5. The van der Waals surface area contributed by atoms with Crippen LogP contribution in [0.15, 0.2) is 42.5 Å². The van der Waals surface area contributed by atoms with Gasteiger partial charge >= 0.3 is 0 Å². The molecule has 1 fully saturated rings. The van der Waals surface area contributed by atoms with E-state index in [0.29, 0.717) is 25.2 Å². The van der Waals surface area contributed by atoms with Crippen LogP contribution in [0.2, 0.25) is 0 Å². The first-order valence-electron chi connectivity index (χ1n) is 8.03. The highest BCUT2D eigenvalue weighted by Gasteiger charge is 2.31. The van der Waals surface area contributed by atoms with Crippen LogP contribution >= 0.6 is 0 Å². The van der Waals surface area contributed by atoms with Gasteiger partial charge in [0, 0.05) is 25.2 Å². The molecule has 5 heteroatoms. The topological polar surface area (TPSA) is 41.6 Å². The number of methoxy groups -OCH3 is 1. The lowest BCUT2D eigenvalue weighted by Crippen LogP contribution is -2.49. The fourth-order valence-corrected chi connectivity index (χ4v) is 3.13. The van der Waals surface area contributed by atoms with Crippen LogP contribution in [0, 0.1) is 12.7 Å². The van der Waals surface area contributed by atoms with Crippen molar-refractivity contribution in [2.75, 3.05) is 26.7 Å². The van der Waals surface area contributed by atoms with Crippen molar-refractivity contribution in [3.63, 3.8) is 0 Å². The molecule has 0 saturated carbocycles. The molecule has 2 aromatic carbocycles.